The zero-order valence-electron chi connectivity index (χ0n) is 18.3. The van der Waals surface area contributed by atoms with Gasteiger partial charge in [0.2, 0.25) is 0 Å². The number of carbonyl (C=O) groups excluding carboxylic acids is 1. The Labute approximate surface area is 208 Å². The summed E-state index contributed by atoms with van der Waals surface area (Å²) in [6.07, 6.45) is 0. The molecule has 1 aliphatic heterocycles. The van der Waals surface area contributed by atoms with Crippen molar-refractivity contribution in [1.82, 2.24) is 5.01 Å². The minimum atomic E-state index is -0.245. The number of nitrogens with zero attached hydrogens (tertiary/aromatic N) is 2. The van der Waals surface area contributed by atoms with Crippen molar-refractivity contribution in [2.24, 2.45) is 5.10 Å². The van der Waals surface area contributed by atoms with E-state index in [-0.39, 0.29) is 11.9 Å². The van der Waals surface area contributed by atoms with E-state index in [1.165, 1.54) is 5.01 Å². The molecule has 2 amide bonds. The van der Waals surface area contributed by atoms with E-state index in [0.717, 1.165) is 37.3 Å². The fourth-order valence-corrected chi connectivity index (χ4v) is 4.82. The van der Waals surface area contributed by atoms with Crippen LogP contribution in [0.3, 0.4) is 0 Å². The van der Waals surface area contributed by atoms with Gasteiger partial charge < -0.3 is 5.32 Å². The summed E-state index contributed by atoms with van der Waals surface area (Å²) in [5, 5.41) is 9.94. The Hall–Kier alpha value is -3.54. The minimum absolute atomic E-state index is 0.0208. The molecule has 34 heavy (non-hydrogen) atoms. The van der Waals surface area contributed by atoms with Gasteiger partial charge in [0.25, 0.3) is 0 Å². The summed E-state index contributed by atoms with van der Waals surface area (Å²) in [7, 11) is 0. The molecule has 1 heterocycles. The van der Waals surface area contributed by atoms with Crippen LogP contribution in [-0.4, -0.2) is 23.3 Å². The van der Waals surface area contributed by atoms with Crippen LogP contribution in [0.1, 0.15) is 17.0 Å². The van der Waals surface area contributed by atoms with E-state index < -0.39 is 0 Å². The second-order valence-electron chi connectivity index (χ2n) is 7.91. The Morgan fingerprint density at radius 3 is 2.06 bits per heavy atom. The van der Waals surface area contributed by atoms with Crippen LogP contribution in [0.2, 0.25) is 5.02 Å². The predicted molar refractivity (Wildman–Crippen MR) is 140 cm³/mol. The lowest BCUT2D eigenvalue weighted by Crippen LogP contribution is -2.30. The highest BCUT2D eigenvalue weighted by molar-refractivity contribution is 7.99. The van der Waals surface area contributed by atoms with Gasteiger partial charge in [0.15, 0.2) is 0 Å². The van der Waals surface area contributed by atoms with Crippen LogP contribution < -0.4 is 5.32 Å². The molecule has 1 atom stereocenters. The molecular formula is C28H22ClN3OS. The Bertz CT molecular complexity index is 1290. The van der Waals surface area contributed by atoms with Gasteiger partial charge in [-0.1, -0.05) is 84.0 Å². The van der Waals surface area contributed by atoms with Crippen molar-refractivity contribution in [2.75, 3.05) is 11.9 Å². The van der Waals surface area contributed by atoms with Crippen molar-refractivity contribution in [1.29, 1.82) is 0 Å². The summed E-state index contributed by atoms with van der Waals surface area (Å²) in [6, 6.07) is 35.5. The molecule has 4 aromatic carbocycles. The molecule has 0 aliphatic carbocycles. The van der Waals surface area contributed by atoms with E-state index in [1.54, 1.807) is 11.8 Å². The summed E-state index contributed by atoms with van der Waals surface area (Å²) < 4.78 is 0. The summed E-state index contributed by atoms with van der Waals surface area (Å²) >= 11 is 7.60. The third-order valence-corrected chi connectivity index (χ3v) is 6.84. The summed E-state index contributed by atoms with van der Waals surface area (Å²) in [4.78, 5) is 15.2. The van der Waals surface area contributed by atoms with E-state index in [1.807, 2.05) is 97.1 Å². The standard InChI is InChI=1S/C28H22ClN3OS/c29-22-11-15-24(16-12-22)34-25-17-13-23(14-18-25)30-28(33)32-19-26(20-7-3-1-4-8-20)27(31-32)21-9-5-2-6-10-21/h1-18,26H,19H2,(H,30,33). The number of carbonyl (C=O) groups is 1. The number of benzene rings is 4. The number of nitrogens with one attached hydrogen (secondary N) is 1. The number of halogens is 1. The molecule has 0 fully saturated rings. The molecule has 0 bridgehead atoms. The number of hydrogen-bond donors (Lipinski definition) is 1. The highest BCUT2D eigenvalue weighted by atomic mass is 35.5. The van der Waals surface area contributed by atoms with E-state index in [4.69, 9.17) is 16.7 Å². The normalized spacial score (nSPS) is 15.1. The van der Waals surface area contributed by atoms with E-state index >= 15 is 0 Å². The van der Waals surface area contributed by atoms with Gasteiger partial charge in [-0.15, -0.1) is 0 Å². The Morgan fingerprint density at radius 2 is 1.41 bits per heavy atom. The predicted octanol–water partition coefficient (Wildman–Crippen LogP) is 7.53. The highest BCUT2D eigenvalue weighted by Crippen LogP contribution is 2.31. The topological polar surface area (TPSA) is 44.7 Å². The van der Waals surface area contributed by atoms with E-state index in [2.05, 4.69) is 17.4 Å². The quantitative estimate of drug-likeness (QED) is 0.319. The lowest BCUT2D eigenvalue weighted by molar-refractivity contribution is 0.218. The van der Waals surface area contributed by atoms with Gasteiger partial charge in [-0.3, -0.25) is 0 Å². The van der Waals surface area contributed by atoms with Crippen molar-refractivity contribution in [3.05, 3.63) is 125 Å². The largest absolute Gasteiger partial charge is 0.342 e. The molecule has 1 aliphatic rings. The fourth-order valence-electron chi connectivity index (χ4n) is 3.88. The van der Waals surface area contributed by atoms with Crippen LogP contribution in [0.25, 0.3) is 0 Å². The molecule has 6 heteroatoms. The van der Waals surface area contributed by atoms with Crippen molar-refractivity contribution in [2.45, 2.75) is 15.7 Å². The third-order valence-electron chi connectivity index (χ3n) is 5.57. The summed E-state index contributed by atoms with van der Waals surface area (Å²) in [5.41, 5.74) is 3.79. The van der Waals surface area contributed by atoms with E-state index in [0.29, 0.717) is 6.54 Å². The molecule has 1 N–H and O–H groups in total. The number of amides is 2. The Kier molecular flexibility index (Phi) is 6.65. The fraction of sp³-hybridized carbons (Fsp3) is 0.0714. The van der Waals surface area contributed by atoms with Gasteiger partial charge in [-0.25, -0.2) is 9.80 Å². The molecule has 5 rings (SSSR count). The highest BCUT2D eigenvalue weighted by Gasteiger charge is 2.32. The first kappa shape index (κ1) is 22.3. The molecule has 1 unspecified atom stereocenters. The first-order valence-corrected chi connectivity index (χ1v) is 12.2. The molecule has 4 nitrogen and oxygen atoms in total. The average Bonchev–Trinajstić information content (AvgIpc) is 3.34. The van der Waals surface area contributed by atoms with Crippen LogP contribution in [0.15, 0.2) is 124 Å². The van der Waals surface area contributed by atoms with Gasteiger partial charge in [0, 0.05) is 26.4 Å². The second-order valence-corrected chi connectivity index (χ2v) is 9.49. The number of hydrazone groups is 1. The number of urea groups is 1. The molecular weight excluding hydrogens is 462 g/mol. The molecule has 168 valence electrons. The molecule has 0 spiro atoms. The van der Waals surface area contributed by atoms with Gasteiger partial charge in [0.05, 0.1) is 12.3 Å². The lowest BCUT2D eigenvalue weighted by Gasteiger charge is -2.16. The maximum atomic E-state index is 13.1. The van der Waals surface area contributed by atoms with Crippen molar-refractivity contribution in [3.8, 4) is 0 Å². The minimum Gasteiger partial charge on any atom is -0.306 e. The van der Waals surface area contributed by atoms with Crippen molar-refractivity contribution < 1.29 is 4.79 Å². The first-order valence-electron chi connectivity index (χ1n) is 11.0. The summed E-state index contributed by atoms with van der Waals surface area (Å²) in [5.74, 6) is 0.0208. The lowest BCUT2D eigenvalue weighted by atomic mass is 9.91. The van der Waals surface area contributed by atoms with Crippen molar-refractivity contribution >= 4 is 40.8 Å². The molecule has 0 aromatic heterocycles. The summed E-state index contributed by atoms with van der Waals surface area (Å²) in [6.45, 7) is 0.491. The zero-order valence-corrected chi connectivity index (χ0v) is 19.8. The van der Waals surface area contributed by atoms with Crippen molar-refractivity contribution in [3.63, 3.8) is 0 Å². The molecule has 0 radical (unpaired) electrons. The first-order chi connectivity index (χ1) is 16.7. The maximum absolute atomic E-state index is 13.1. The van der Waals surface area contributed by atoms with Gasteiger partial charge in [0.1, 0.15) is 0 Å². The monoisotopic (exact) mass is 483 g/mol. The maximum Gasteiger partial charge on any atom is 0.342 e. The molecule has 0 saturated heterocycles. The van der Waals surface area contributed by atoms with Crippen LogP contribution in [0, 0.1) is 0 Å². The SMILES string of the molecule is O=C(Nc1ccc(Sc2ccc(Cl)cc2)cc1)N1CC(c2ccccc2)C(c2ccccc2)=N1. The number of hydrogen-bond acceptors (Lipinski definition) is 3. The van der Waals surface area contributed by atoms with Crippen LogP contribution in [0.4, 0.5) is 10.5 Å². The smallest absolute Gasteiger partial charge is 0.306 e. The zero-order chi connectivity index (χ0) is 23.3. The van der Waals surface area contributed by atoms with Gasteiger partial charge >= 0.3 is 6.03 Å². The number of anilines is 1. The van der Waals surface area contributed by atoms with Crippen LogP contribution in [-0.2, 0) is 0 Å². The van der Waals surface area contributed by atoms with Crippen LogP contribution >= 0.6 is 23.4 Å². The Morgan fingerprint density at radius 1 is 0.824 bits per heavy atom. The molecule has 4 aromatic rings. The number of rotatable bonds is 5. The second kappa shape index (κ2) is 10.2. The third kappa shape index (κ3) is 5.16. The van der Waals surface area contributed by atoms with Gasteiger partial charge in [-0.2, -0.15) is 5.10 Å². The van der Waals surface area contributed by atoms with Gasteiger partial charge in [-0.05, 0) is 59.7 Å². The van der Waals surface area contributed by atoms with E-state index in [9.17, 15) is 4.79 Å². The van der Waals surface area contributed by atoms with Crippen LogP contribution in [0.5, 0.6) is 0 Å². The Balaban J connectivity index is 1.30. The average molecular weight is 484 g/mol. The molecule has 0 saturated carbocycles.